The van der Waals surface area contributed by atoms with Crippen molar-refractivity contribution < 1.29 is 20.1 Å². The van der Waals surface area contributed by atoms with Crippen LogP contribution in [0.2, 0.25) is 0 Å². The van der Waals surface area contributed by atoms with E-state index in [1.807, 2.05) is 24.4 Å². The van der Waals surface area contributed by atoms with Gasteiger partial charge in [0.05, 0.1) is 0 Å². The van der Waals surface area contributed by atoms with Crippen LogP contribution < -0.4 is 0 Å². The topological polar surface area (TPSA) is 51.6 Å². The zero-order valence-corrected chi connectivity index (χ0v) is 40.6. The molecular formula is C62H49IrN4-. The zero-order chi connectivity index (χ0) is 45.2. The van der Waals surface area contributed by atoms with Gasteiger partial charge in [-0.05, 0) is 81.6 Å². The third-order valence-electron chi connectivity index (χ3n) is 12.2. The van der Waals surface area contributed by atoms with Gasteiger partial charge in [0, 0.05) is 43.0 Å². The van der Waals surface area contributed by atoms with E-state index in [4.69, 9.17) is 19.9 Å². The van der Waals surface area contributed by atoms with Gasteiger partial charge in [0.2, 0.25) is 0 Å². The number of hydrogen-bond acceptors (Lipinski definition) is 4. The Morgan fingerprint density at radius 3 is 1.40 bits per heavy atom. The molecule has 0 unspecified atom stereocenters. The number of nitrogens with zero attached hydrogens (tertiary/aromatic N) is 4. The largest absolute Gasteiger partial charge is 0.304 e. The second-order valence-electron chi connectivity index (χ2n) is 18.1. The maximum Gasteiger partial charge on any atom is 0.165 e. The summed E-state index contributed by atoms with van der Waals surface area (Å²) in [5, 5.41) is 0. The summed E-state index contributed by atoms with van der Waals surface area (Å²) in [6, 6.07) is 74.2. The van der Waals surface area contributed by atoms with Crippen molar-refractivity contribution in [1.82, 2.24) is 19.9 Å². The monoisotopic (exact) mass is 1040 g/mol. The van der Waals surface area contributed by atoms with E-state index >= 15 is 0 Å². The van der Waals surface area contributed by atoms with E-state index in [-0.39, 0.29) is 25.5 Å². The second-order valence-corrected chi connectivity index (χ2v) is 18.1. The average Bonchev–Trinajstić information content (AvgIpc) is 3.36. The molecule has 4 nitrogen and oxygen atoms in total. The molecule has 10 rings (SSSR count). The smallest absolute Gasteiger partial charge is 0.165 e. The molecule has 0 N–H and O–H groups in total. The maximum absolute atomic E-state index is 5.11. The van der Waals surface area contributed by atoms with Crippen molar-refractivity contribution >= 4 is 0 Å². The Bertz CT molecular complexity index is 3220. The van der Waals surface area contributed by atoms with Crippen LogP contribution in [0.25, 0.3) is 101 Å². The van der Waals surface area contributed by atoms with Crippen LogP contribution in [-0.2, 0) is 25.5 Å². The van der Waals surface area contributed by atoms with Crippen LogP contribution in [0.3, 0.4) is 0 Å². The summed E-state index contributed by atoms with van der Waals surface area (Å²) in [5.41, 5.74) is 19.5. The maximum atomic E-state index is 5.11. The Balaban J connectivity index is 0.00000562. The number of benzene rings is 8. The molecule has 0 fully saturated rings. The van der Waals surface area contributed by atoms with Crippen LogP contribution in [0.1, 0.15) is 37.5 Å². The fourth-order valence-corrected chi connectivity index (χ4v) is 8.74. The van der Waals surface area contributed by atoms with E-state index in [1.54, 1.807) is 0 Å². The Kier molecular flexibility index (Phi) is 12.8. The number of rotatable bonds is 9. The van der Waals surface area contributed by atoms with Gasteiger partial charge in [-0.3, -0.25) is 0 Å². The second kappa shape index (κ2) is 19.2. The Labute approximate surface area is 407 Å². The molecule has 0 spiro atoms. The van der Waals surface area contributed by atoms with Gasteiger partial charge in [0.1, 0.15) is 0 Å². The molecule has 0 atom stereocenters. The quantitative estimate of drug-likeness (QED) is 0.135. The third-order valence-corrected chi connectivity index (χ3v) is 12.2. The van der Waals surface area contributed by atoms with Crippen LogP contribution in [0.15, 0.2) is 206 Å². The van der Waals surface area contributed by atoms with Crippen LogP contribution in [0.5, 0.6) is 0 Å². The van der Waals surface area contributed by atoms with Crippen molar-refractivity contribution in [2.45, 2.75) is 40.0 Å². The van der Waals surface area contributed by atoms with Crippen LogP contribution in [0, 0.1) is 19.9 Å². The summed E-state index contributed by atoms with van der Waals surface area (Å²) in [4.78, 5) is 20.4. The Morgan fingerprint density at radius 2 is 0.866 bits per heavy atom. The normalized spacial score (nSPS) is 11.2. The van der Waals surface area contributed by atoms with Gasteiger partial charge in [-0.15, -0.1) is 23.8 Å². The van der Waals surface area contributed by atoms with E-state index in [2.05, 4.69) is 223 Å². The average molecular weight is 1040 g/mol. The van der Waals surface area contributed by atoms with Gasteiger partial charge in [-0.25, -0.2) is 15.0 Å². The number of hydrogen-bond donors (Lipinski definition) is 0. The summed E-state index contributed by atoms with van der Waals surface area (Å²) < 4.78 is 0. The van der Waals surface area contributed by atoms with Crippen LogP contribution >= 0.6 is 0 Å². The zero-order valence-electron chi connectivity index (χ0n) is 38.3. The van der Waals surface area contributed by atoms with Crippen molar-refractivity contribution in [2.75, 3.05) is 0 Å². The standard InChI is InChI=1S/C62H49N4.Ir/c1-41-34-42(2)36-52(35-41)54-24-12-13-25-55(54)56-32-28-48(39-57(56)45-26-30-53(31-27-45)62(3,4)5)58-33-29-51(40-63-58)61-65-59(49-22-14-20-46(37-49)43-16-8-6-9-17-43)64-60(66-61)50-23-15-21-47(38-50)44-18-10-7-11-19-44;/h6-27,29-40H,1-5H3;/q-1;. The fraction of sp³-hybridized carbons (Fsp3) is 0.0968. The van der Waals surface area contributed by atoms with Gasteiger partial charge in [-0.2, -0.15) is 0 Å². The van der Waals surface area contributed by atoms with Gasteiger partial charge in [-0.1, -0.05) is 225 Å². The molecule has 0 aliphatic rings. The van der Waals surface area contributed by atoms with Crippen LogP contribution in [-0.4, -0.2) is 19.9 Å². The minimum atomic E-state index is 0. The molecule has 0 saturated carbocycles. The predicted octanol–water partition coefficient (Wildman–Crippen LogP) is 16.0. The van der Waals surface area contributed by atoms with E-state index in [0.29, 0.717) is 17.5 Å². The number of pyridine rings is 1. The molecule has 2 heterocycles. The van der Waals surface area contributed by atoms with E-state index in [0.717, 1.165) is 72.5 Å². The summed E-state index contributed by atoms with van der Waals surface area (Å²) in [6.07, 6.45) is 1.87. The SMILES string of the molecule is Cc1cc(C)cc(-c2ccccc2-c2c[c-]c(-c3ccc(-c4nc(-c5cccc(-c6ccccc6)c5)nc(-c5cccc(-c6ccccc6)c5)n4)cn3)cc2-c2ccc(C(C)(C)C)cc2)c1.[Ir]. The molecule has 0 bridgehead atoms. The Hall–Kier alpha value is -7.43. The van der Waals surface area contributed by atoms with Crippen molar-refractivity contribution in [2.24, 2.45) is 0 Å². The first-order valence-corrected chi connectivity index (χ1v) is 22.5. The van der Waals surface area contributed by atoms with Crippen molar-refractivity contribution in [3.63, 3.8) is 0 Å². The molecule has 0 saturated heterocycles. The minimum Gasteiger partial charge on any atom is -0.304 e. The van der Waals surface area contributed by atoms with E-state index < -0.39 is 0 Å². The van der Waals surface area contributed by atoms with Gasteiger partial charge >= 0.3 is 0 Å². The van der Waals surface area contributed by atoms with Crippen LogP contribution in [0.4, 0.5) is 0 Å². The summed E-state index contributed by atoms with van der Waals surface area (Å²) in [6.45, 7) is 11.1. The molecule has 8 aromatic carbocycles. The molecule has 0 aliphatic carbocycles. The molecule has 2 aromatic heterocycles. The van der Waals surface area contributed by atoms with E-state index in [9.17, 15) is 0 Å². The van der Waals surface area contributed by atoms with Gasteiger partial charge in [0.25, 0.3) is 0 Å². The summed E-state index contributed by atoms with van der Waals surface area (Å²) in [7, 11) is 0. The predicted molar refractivity (Wildman–Crippen MR) is 274 cm³/mol. The first-order chi connectivity index (χ1) is 32.1. The first-order valence-electron chi connectivity index (χ1n) is 22.5. The molecule has 5 heteroatoms. The molecule has 67 heavy (non-hydrogen) atoms. The molecule has 10 aromatic rings. The number of aryl methyl sites for hydroxylation is 2. The molecule has 1 radical (unpaired) electrons. The molecule has 327 valence electrons. The van der Waals surface area contributed by atoms with Gasteiger partial charge < -0.3 is 4.98 Å². The minimum absolute atomic E-state index is 0. The van der Waals surface area contributed by atoms with E-state index in [1.165, 1.54) is 27.8 Å². The molecule has 0 amide bonds. The van der Waals surface area contributed by atoms with Gasteiger partial charge in [0.15, 0.2) is 17.5 Å². The van der Waals surface area contributed by atoms with Crippen molar-refractivity contribution in [1.29, 1.82) is 0 Å². The van der Waals surface area contributed by atoms with Crippen molar-refractivity contribution in [3.8, 4) is 101 Å². The molecule has 0 aliphatic heterocycles. The number of aromatic nitrogens is 4. The first kappa shape index (κ1) is 44.8. The third kappa shape index (κ3) is 9.76. The molecular weight excluding hydrogens is 993 g/mol. The summed E-state index contributed by atoms with van der Waals surface area (Å²) >= 11 is 0. The fourth-order valence-electron chi connectivity index (χ4n) is 8.74. The summed E-state index contributed by atoms with van der Waals surface area (Å²) in [5.74, 6) is 1.73. The van der Waals surface area contributed by atoms with Crippen molar-refractivity contribution in [3.05, 3.63) is 229 Å². The Morgan fingerprint density at radius 1 is 0.373 bits per heavy atom.